The molecule has 0 heterocycles. The normalized spacial score (nSPS) is 10.2. The molecule has 0 fully saturated rings. The van der Waals surface area contributed by atoms with Crippen LogP contribution < -0.4 is 15.4 Å². The molecule has 5 heteroatoms. The number of benzene rings is 2. The molecule has 25 heavy (non-hydrogen) atoms. The van der Waals surface area contributed by atoms with E-state index in [1.54, 1.807) is 12.1 Å². The number of carbonyl (C=O) groups excluding carboxylic acids is 2. The predicted octanol–water partition coefficient (Wildman–Crippen LogP) is 2.83. The molecule has 0 saturated heterocycles. The highest BCUT2D eigenvalue weighted by Gasteiger charge is 2.05. The Morgan fingerprint density at radius 2 is 1.80 bits per heavy atom. The molecular formula is C20H24N2O3. The molecular weight excluding hydrogens is 316 g/mol. The molecule has 0 radical (unpaired) electrons. The van der Waals surface area contributed by atoms with Crippen LogP contribution >= 0.6 is 0 Å². The lowest BCUT2D eigenvalue weighted by atomic mass is 10.1. The van der Waals surface area contributed by atoms with Crippen LogP contribution in [-0.2, 0) is 11.3 Å². The second-order valence-corrected chi connectivity index (χ2v) is 5.88. The molecule has 0 bridgehead atoms. The van der Waals surface area contributed by atoms with E-state index in [9.17, 15) is 9.59 Å². The summed E-state index contributed by atoms with van der Waals surface area (Å²) in [6.45, 7) is 5.07. The minimum atomic E-state index is -0.110. The maximum absolute atomic E-state index is 12.1. The quantitative estimate of drug-likeness (QED) is 0.726. The lowest BCUT2D eigenvalue weighted by Crippen LogP contribution is -2.25. The van der Waals surface area contributed by atoms with Crippen molar-refractivity contribution in [2.75, 3.05) is 13.2 Å². The van der Waals surface area contributed by atoms with Crippen molar-refractivity contribution in [3.63, 3.8) is 0 Å². The molecule has 2 aromatic rings. The fraction of sp³-hybridized carbons (Fsp3) is 0.300. The van der Waals surface area contributed by atoms with Gasteiger partial charge in [-0.2, -0.15) is 0 Å². The molecule has 0 saturated carbocycles. The van der Waals surface area contributed by atoms with Crippen molar-refractivity contribution in [3.05, 3.63) is 65.2 Å². The standard InChI is InChI=1S/C20H24N2O3/c1-15-5-3-6-19(13-15)25-12-4-11-21-20(24)18-9-7-17(8-10-18)14-22-16(2)23/h3,5-10,13H,4,11-12,14H2,1-2H3,(H,21,24)(H,22,23). The molecule has 0 unspecified atom stereocenters. The zero-order chi connectivity index (χ0) is 18.1. The molecule has 2 N–H and O–H groups in total. The van der Waals surface area contributed by atoms with Gasteiger partial charge in [-0.05, 0) is 48.7 Å². The Bertz CT molecular complexity index is 711. The van der Waals surface area contributed by atoms with E-state index in [-0.39, 0.29) is 11.8 Å². The van der Waals surface area contributed by atoms with Gasteiger partial charge in [0.15, 0.2) is 0 Å². The van der Waals surface area contributed by atoms with Gasteiger partial charge in [0.2, 0.25) is 5.91 Å². The number of rotatable bonds is 8. The highest BCUT2D eigenvalue weighted by molar-refractivity contribution is 5.94. The van der Waals surface area contributed by atoms with Gasteiger partial charge in [-0.25, -0.2) is 0 Å². The Labute approximate surface area is 148 Å². The van der Waals surface area contributed by atoms with E-state index < -0.39 is 0 Å². The first-order valence-corrected chi connectivity index (χ1v) is 8.35. The van der Waals surface area contributed by atoms with Crippen LogP contribution in [0.25, 0.3) is 0 Å². The van der Waals surface area contributed by atoms with Crippen LogP contribution in [0.2, 0.25) is 0 Å². The number of amides is 2. The number of hydrogen-bond acceptors (Lipinski definition) is 3. The first-order valence-electron chi connectivity index (χ1n) is 8.35. The van der Waals surface area contributed by atoms with E-state index in [2.05, 4.69) is 10.6 Å². The largest absolute Gasteiger partial charge is 0.494 e. The molecule has 2 amide bonds. The summed E-state index contributed by atoms with van der Waals surface area (Å²) >= 11 is 0. The third-order valence-corrected chi connectivity index (χ3v) is 3.62. The summed E-state index contributed by atoms with van der Waals surface area (Å²) in [7, 11) is 0. The molecule has 0 atom stereocenters. The summed E-state index contributed by atoms with van der Waals surface area (Å²) in [4.78, 5) is 23.0. The van der Waals surface area contributed by atoms with Crippen LogP contribution in [0.4, 0.5) is 0 Å². The summed E-state index contributed by atoms with van der Waals surface area (Å²) in [6.07, 6.45) is 0.736. The van der Waals surface area contributed by atoms with Crippen molar-refractivity contribution in [1.29, 1.82) is 0 Å². The summed E-state index contributed by atoms with van der Waals surface area (Å²) < 4.78 is 5.65. The maximum atomic E-state index is 12.1. The minimum Gasteiger partial charge on any atom is -0.494 e. The topological polar surface area (TPSA) is 67.4 Å². The number of aryl methyl sites for hydroxylation is 1. The average Bonchev–Trinajstić information content (AvgIpc) is 2.60. The van der Waals surface area contributed by atoms with Crippen LogP contribution in [0.5, 0.6) is 5.75 Å². The van der Waals surface area contributed by atoms with Gasteiger partial charge in [0.25, 0.3) is 5.91 Å². The summed E-state index contributed by atoms with van der Waals surface area (Å²) in [6, 6.07) is 15.1. The van der Waals surface area contributed by atoms with Crippen molar-refractivity contribution in [1.82, 2.24) is 10.6 Å². The van der Waals surface area contributed by atoms with Crippen LogP contribution in [0, 0.1) is 6.92 Å². The first kappa shape index (κ1) is 18.5. The van der Waals surface area contributed by atoms with Gasteiger partial charge in [-0.1, -0.05) is 24.3 Å². The van der Waals surface area contributed by atoms with Crippen molar-refractivity contribution >= 4 is 11.8 Å². The van der Waals surface area contributed by atoms with E-state index in [1.807, 2.05) is 43.3 Å². The molecule has 5 nitrogen and oxygen atoms in total. The SMILES string of the molecule is CC(=O)NCc1ccc(C(=O)NCCCOc2cccc(C)c2)cc1. The maximum Gasteiger partial charge on any atom is 0.251 e. The van der Waals surface area contributed by atoms with E-state index in [4.69, 9.17) is 4.74 Å². The Balaban J connectivity index is 1.68. The number of nitrogens with one attached hydrogen (secondary N) is 2. The van der Waals surface area contributed by atoms with Gasteiger partial charge in [-0.3, -0.25) is 9.59 Å². The average molecular weight is 340 g/mol. The second kappa shape index (κ2) is 9.47. The number of ether oxygens (including phenoxy) is 1. The summed E-state index contributed by atoms with van der Waals surface area (Å²) in [5.74, 6) is 0.664. The zero-order valence-corrected chi connectivity index (χ0v) is 14.7. The van der Waals surface area contributed by atoms with Gasteiger partial charge in [0.1, 0.15) is 5.75 Å². The Morgan fingerprint density at radius 1 is 1.04 bits per heavy atom. The van der Waals surface area contributed by atoms with E-state index in [0.717, 1.165) is 23.3 Å². The fourth-order valence-electron chi connectivity index (χ4n) is 2.27. The van der Waals surface area contributed by atoms with Crippen LogP contribution in [0.15, 0.2) is 48.5 Å². The van der Waals surface area contributed by atoms with Crippen LogP contribution in [0.3, 0.4) is 0 Å². The fourth-order valence-corrected chi connectivity index (χ4v) is 2.27. The molecule has 0 aliphatic rings. The lowest BCUT2D eigenvalue weighted by molar-refractivity contribution is -0.119. The molecule has 0 aliphatic carbocycles. The molecule has 132 valence electrons. The van der Waals surface area contributed by atoms with Crippen molar-refractivity contribution < 1.29 is 14.3 Å². The lowest BCUT2D eigenvalue weighted by Gasteiger charge is -2.08. The van der Waals surface area contributed by atoms with E-state index in [0.29, 0.717) is 25.3 Å². The van der Waals surface area contributed by atoms with Gasteiger partial charge in [-0.15, -0.1) is 0 Å². The molecule has 0 spiro atoms. The predicted molar refractivity (Wildman–Crippen MR) is 97.6 cm³/mol. The third kappa shape index (κ3) is 6.67. The zero-order valence-electron chi connectivity index (χ0n) is 14.7. The van der Waals surface area contributed by atoms with Crippen LogP contribution in [0.1, 0.15) is 34.8 Å². The number of hydrogen-bond donors (Lipinski definition) is 2. The highest BCUT2D eigenvalue weighted by atomic mass is 16.5. The molecule has 0 aromatic heterocycles. The van der Waals surface area contributed by atoms with Gasteiger partial charge in [0.05, 0.1) is 6.61 Å². The number of carbonyl (C=O) groups is 2. The molecule has 2 aromatic carbocycles. The van der Waals surface area contributed by atoms with Gasteiger partial charge < -0.3 is 15.4 Å². The van der Waals surface area contributed by atoms with Crippen molar-refractivity contribution in [2.45, 2.75) is 26.8 Å². The highest BCUT2D eigenvalue weighted by Crippen LogP contribution is 2.12. The molecule has 2 rings (SSSR count). The minimum absolute atomic E-state index is 0.0744. The summed E-state index contributed by atoms with van der Waals surface area (Å²) in [5, 5.41) is 5.60. The Hall–Kier alpha value is -2.82. The summed E-state index contributed by atoms with van der Waals surface area (Å²) in [5.41, 5.74) is 2.72. The first-order chi connectivity index (χ1) is 12.0. The van der Waals surface area contributed by atoms with Crippen LogP contribution in [-0.4, -0.2) is 25.0 Å². The third-order valence-electron chi connectivity index (χ3n) is 3.62. The molecule has 0 aliphatic heterocycles. The van der Waals surface area contributed by atoms with Crippen molar-refractivity contribution in [3.8, 4) is 5.75 Å². The van der Waals surface area contributed by atoms with E-state index in [1.165, 1.54) is 6.92 Å². The van der Waals surface area contributed by atoms with Crippen molar-refractivity contribution in [2.24, 2.45) is 0 Å². The monoisotopic (exact) mass is 340 g/mol. The Kier molecular flexibility index (Phi) is 7.01. The van der Waals surface area contributed by atoms with E-state index >= 15 is 0 Å². The second-order valence-electron chi connectivity index (χ2n) is 5.88. The van der Waals surface area contributed by atoms with Gasteiger partial charge >= 0.3 is 0 Å². The van der Waals surface area contributed by atoms with Gasteiger partial charge in [0, 0.05) is 25.6 Å². The Morgan fingerprint density at radius 3 is 2.48 bits per heavy atom. The smallest absolute Gasteiger partial charge is 0.251 e.